The third-order valence-electron chi connectivity index (χ3n) is 4.36. The van der Waals surface area contributed by atoms with Crippen LogP contribution >= 0.6 is 0 Å². The summed E-state index contributed by atoms with van der Waals surface area (Å²) in [6.45, 7) is 4.44. The molecule has 0 unspecified atom stereocenters. The monoisotopic (exact) mass is 317 g/mol. The van der Waals surface area contributed by atoms with E-state index >= 15 is 0 Å². The second-order valence-electron chi connectivity index (χ2n) is 6.06. The van der Waals surface area contributed by atoms with Crippen molar-refractivity contribution in [1.29, 1.82) is 0 Å². The highest BCUT2D eigenvalue weighted by Crippen LogP contribution is 2.24. The molecule has 124 valence electrons. The molecule has 0 aliphatic carbocycles. The molecule has 2 aliphatic heterocycles. The summed E-state index contributed by atoms with van der Waals surface area (Å²) in [6, 6.07) is 5.28. The second-order valence-corrected chi connectivity index (χ2v) is 6.06. The van der Waals surface area contributed by atoms with E-state index in [1.54, 1.807) is 12.1 Å². The minimum atomic E-state index is -0.324. The van der Waals surface area contributed by atoms with Gasteiger partial charge in [0.2, 0.25) is 0 Å². The number of benzene rings is 1. The van der Waals surface area contributed by atoms with Gasteiger partial charge in [-0.25, -0.2) is 0 Å². The molecule has 1 saturated heterocycles. The maximum Gasteiger partial charge on any atom is 0.261 e. The van der Waals surface area contributed by atoms with Crippen molar-refractivity contribution in [2.45, 2.75) is 19.3 Å². The molecular weight excluding hydrogens is 294 g/mol. The van der Waals surface area contributed by atoms with Crippen molar-refractivity contribution in [3.05, 3.63) is 29.3 Å². The standard InChI is InChI=1S/C17H23N3O3/c21-16-13-3-1-4-14(15(13)17(22)20-16)19-7-2-10-23-11-12-5-8-18-9-6-12/h1,3-4,12,18-19H,2,5-11H2,(H,20,21,22). The number of piperidine rings is 1. The van der Waals surface area contributed by atoms with E-state index in [0.717, 1.165) is 26.1 Å². The SMILES string of the molecule is O=C1NC(=O)c2c(NCCCOCC3CCNCC3)cccc21. The van der Waals surface area contributed by atoms with Crippen LogP contribution in [0.5, 0.6) is 0 Å². The maximum atomic E-state index is 11.8. The van der Waals surface area contributed by atoms with E-state index in [0.29, 0.717) is 35.9 Å². The Morgan fingerprint density at radius 3 is 2.83 bits per heavy atom. The van der Waals surface area contributed by atoms with E-state index in [2.05, 4.69) is 16.0 Å². The zero-order valence-corrected chi connectivity index (χ0v) is 13.2. The number of imide groups is 1. The number of nitrogens with one attached hydrogen (secondary N) is 3. The first-order valence-corrected chi connectivity index (χ1v) is 8.27. The Hall–Kier alpha value is -1.92. The van der Waals surface area contributed by atoms with E-state index in [1.165, 1.54) is 12.8 Å². The number of amides is 2. The fraction of sp³-hybridized carbons (Fsp3) is 0.529. The van der Waals surface area contributed by atoms with Gasteiger partial charge >= 0.3 is 0 Å². The molecule has 23 heavy (non-hydrogen) atoms. The van der Waals surface area contributed by atoms with Crippen LogP contribution in [0.2, 0.25) is 0 Å². The Kier molecular flexibility index (Phi) is 5.25. The summed E-state index contributed by atoms with van der Waals surface area (Å²) in [5, 5.41) is 8.90. The average molecular weight is 317 g/mol. The molecule has 1 aromatic rings. The van der Waals surface area contributed by atoms with Crippen molar-refractivity contribution < 1.29 is 14.3 Å². The maximum absolute atomic E-state index is 11.8. The lowest BCUT2D eigenvalue weighted by molar-refractivity contribution is 0.0877. The van der Waals surface area contributed by atoms with Crippen molar-refractivity contribution >= 4 is 17.5 Å². The number of hydrogen-bond acceptors (Lipinski definition) is 5. The van der Waals surface area contributed by atoms with Crippen LogP contribution in [0.25, 0.3) is 0 Å². The van der Waals surface area contributed by atoms with Gasteiger partial charge in [0.25, 0.3) is 11.8 Å². The molecule has 6 nitrogen and oxygen atoms in total. The summed E-state index contributed by atoms with van der Waals surface area (Å²) in [6.07, 6.45) is 3.25. The molecule has 3 rings (SSSR count). The molecule has 2 amide bonds. The predicted octanol–water partition coefficient (Wildman–Crippen LogP) is 1.39. The largest absolute Gasteiger partial charge is 0.384 e. The van der Waals surface area contributed by atoms with Gasteiger partial charge in [0, 0.05) is 25.4 Å². The molecule has 3 N–H and O–H groups in total. The van der Waals surface area contributed by atoms with Gasteiger partial charge in [0.05, 0.1) is 11.1 Å². The minimum Gasteiger partial charge on any atom is -0.384 e. The molecule has 0 aromatic heterocycles. The first-order chi connectivity index (χ1) is 11.3. The number of anilines is 1. The fourth-order valence-corrected chi connectivity index (χ4v) is 3.06. The molecule has 6 heteroatoms. The van der Waals surface area contributed by atoms with Gasteiger partial charge in [-0.15, -0.1) is 0 Å². The van der Waals surface area contributed by atoms with Crippen LogP contribution in [0.1, 0.15) is 40.0 Å². The van der Waals surface area contributed by atoms with Crippen LogP contribution in [0, 0.1) is 5.92 Å². The smallest absolute Gasteiger partial charge is 0.261 e. The molecule has 0 saturated carbocycles. The summed E-state index contributed by atoms with van der Waals surface area (Å²) in [5.74, 6) is 0.0329. The normalized spacial score (nSPS) is 17.9. The molecule has 0 spiro atoms. The zero-order valence-electron chi connectivity index (χ0n) is 13.2. The number of carbonyl (C=O) groups is 2. The molecule has 2 aliphatic rings. The van der Waals surface area contributed by atoms with Crippen molar-refractivity contribution in [2.75, 3.05) is 38.2 Å². The lowest BCUT2D eigenvalue weighted by Gasteiger charge is -2.22. The third-order valence-corrected chi connectivity index (χ3v) is 4.36. The highest BCUT2D eigenvalue weighted by Gasteiger charge is 2.28. The predicted molar refractivity (Wildman–Crippen MR) is 87.8 cm³/mol. The number of rotatable bonds is 7. The molecular formula is C17H23N3O3. The van der Waals surface area contributed by atoms with Gasteiger partial charge < -0.3 is 15.4 Å². The molecule has 0 radical (unpaired) electrons. The first-order valence-electron chi connectivity index (χ1n) is 8.27. The highest BCUT2D eigenvalue weighted by atomic mass is 16.5. The quantitative estimate of drug-likeness (QED) is 0.523. The third kappa shape index (κ3) is 3.89. The van der Waals surface area contributed by atoms with Gasteiger partial charge in [-0.2, -0.15) is 0 Å². The van der Waals surface area contributed by atoms with Gasteiger partial charge in [-0.05, 0) is 50.4 Å². The van der Waals surface area contributed by atoms with Crippen LogP contribution in [0.4, 0.5) is 5.69 Å². The fourth-order valence-electron chi connectivity index (χ4n) is 3.06. The van der Waals surface area contributed by atoms with Gasteiger partial charge in [-0.1, -0.05) is 6.07 Å². The average Bonchev–Trinajstić information content (AvgIpc) is 2.87. The van der Waals surface area contributed by atoms with Crippen molar-refractivity contribution in [3.8, 4) is 0 Å². The number of carbonyl (C=O) groups excluding carboxylic acids is 2. The lowest BCUT2D eigenvalue weighted by Crippen LogP contribution is -2.30. The van der Waals surface area contributed by atoms with Crippen molar-refractivity contribution in [1.82, 2.24) is 10.6 Å². The van der Waals surface area contributed by atoms with Crippen LogP contribution in [0.3, 0.4) is 0 Å². The lowest BCUT2D eigenvalue weighted by atomic mass is 9.99. The number of fused-ring (bicyclic) bond motifs is 1. The van der Waals surface area contributed by atoms with Gasteiger partial charge in [0.15, 0.2) is 0 Å². The summed E-state index contributed by atoms with van der Waals surface area (Å²) in [5.41, 5.74) is 1.61. The molecule has 1 fully saturated rings. The number of ether oxygens (including phenoxy) is 1. The van der Waals surface area contributed by atoms with E-state index in [4.69, 9.17) is 4.74 Å². The van der Waals surface area contributed by atoms with Crippen molar-refractivity contribution in [3.63, 3.8) is 0 Å². The molecule has 0 atom stereocenters. The summed E-state index contributed by atoms with van der Waals surface area (Å²) >= 11 is 0. The minimum absolute atomic E-state index is 0.320. The summed E-state index contributed by atoms with van der Waals surface area (Å²) in [7, 11) is 0. The Labute approximate surface area is 136 Å². The Balaban J connectivity index is 1.40. The van der Waals surface area contributed by atoms with Crippen LogP contribution in [0.15, 0.2) is 18.2 Å². The molecule has 2 heterocycles. The van der Waals surface area contributed by atoms with Gasteiger partial charge in [-0.3, -0.25) is 14.9 Å². The van der Waals surface area contributed by atoms with E-state index in [1.807, 2.05) is 6.07 Å². The van der Waals surface area contributed by atoms with E-state index < -0.39 is 0 Å². The first kappa shape index (κ1) is 16.0. The van der Waals surface area contributed by atoms with E-state index in [9.17, 15) is 9.59 Å². The summed E-state index contributed by atoms with van der Waals surface area (Å²) < 4.78 is 5.74. The van der Waals surface area contributed by atoms with Crippen LogP contribution < -0.4 is 16.0 Å². The topological polar surface area (TPSA) is 79.5 Å². The van der Waals surface area contributed by atoms with Crippen molar-refractivity contribution in [2.24, 2.45) is 5.92 Å². The Bertz CT molecular complexity index is 582. The molecule has 1 aromatic carbocycles. The molecule has 0 bridgehead atoms. The van der Waals surface area contributed by atoms with Crippen LogP contribution in [-0.4, -0.2) is 44.7 Å². The van der Waals surface area contributed by atoms with E-state index in [-0.39, 0.29) is 11.8 Å². The Morgan fingerprint density at radius 2 is 2.00 bits per heavy atom. The number of hydrogen-bond donors (Lipinski definition) is 3. The zero-order chi connectivity index (χ0) is 16.1. The second kappa shape index (κ2) is 7.57. The summed E-state index contributed by atoms with van der Waals surface area (Å²) in [4.78, 5) is 23.4. The van der Waals surface area contributed by atoms with Crippen LogP contribution in [-0.2, 0) is 4.74 Å². The van der Waals surface area contributed by atoms with Gasteiger partial charge in [0.1, 0.15) is 0 Å². The Morgan fingerprint density at radius 1 is 1.17 bits per heavy atom. The highest BCUT2D eigenvalue weighted by molar-refractivity contribution is 6.23.